The Morgan fingerprint density at radius 1 is 1.46 bits per heavy atom. The monoisotopic (exact) mass is 180 g/mol. The number of pyridine rings is 1. The Bertz CT molecular complexity index is 366. The van der Waals surface area contributed by atoms with Gasteiger partial charge in [-0.15, -0.1) is 0 Å². The Balaban J connectivity index is 2.85. The van der Waals surface area contributed by atoms with Crippen molar-refractivity contribution in [3.63, 3.8) is 0 Å². The van der Waals surface area contributed by atoms with Gasteiger partial charge < -0.3 is 0 Å². The van der Waals surface area contributed by atoms with Crippen LogP contribution in [0.2, 0.25) is 0 Å². The maximum Gasteiger partial charge on any atom is 0.222 e. The van der Waals surface area contributed by atoms with Crippen LogP contribution < -0.4 is 0 Å². The van der Waals surface area contributed by atoms with Crippen LogP contribution in [0.1, 0.15) is 12.0 Å². The van der Waals surface area contributed by atoms with Crippen LogP contribution in [0.4, 0.5) is 8.78 Å². The highest BCUT2D eigenvalue weighted by atomic mass is 19.1. The van der Waals surface area contributed by atoms with Gasteiger partial charge in [-0.1, -0.05) is 12.2 Å². The normalized spacial score (nSPS) is 10.2. The molecule has 0 amide bonds. The van der Waals surface area contributed by atoms with Gasteiger partial charge in [0.2, 0.25) is 11.9 Å². The van der Waals surface area contributed by atoms with E-state index in [9.17, 15) is 8.78 Å². The highest BCUT2D eigenvalue weighted by Gasteiger charge is 2.00. The quantitative estimate of drug-likeness (QED) is 0.654. The van der Waals surface area contributed by atoms with E-state index in [4.69, 9.17) is 5.26 Å². The summed E-state index contributed by atoms with van der Waals surface area (Å²) in [5.74, 6) is -1.72. The van der Waals surface area contributed by atoms with Gasteiger partial charge in [-0.2, -0.15) is 19.0 Å². The number of rotatable bonds is 2. The lowest BCUT2D eigenvalue weighted by atomic mass is 10.2. The Morgan fingerprint density at radius 2 is 2.23 bits per heavy atom. The van der Waals surface area contributed by atoms with Gasteiger partial charge in [0.05, 0.1) is 12.5 Å². The largest absolute Gasteiger partial charge is 0.222 e. The third kappa shape index (κ3) is 2.64. The molecule has 0 atom stereocenters. The summed E-state index contributed by atoms with van der Waals surface area (Å²) in [6, 6.07) is 4.20. The molecule has 1 aromatic rings. The third-order valence-electron chi connectivity index (χ3n) is 1.35. The SMILES string of the molecule is N#CCC=Cc1ccc(F)nc1F. The molecule has 13 heavy (non-hydrogen) atoms. The molecule has 0 N–H and O–H groups in total. The number of halogens is 2. The van der Waals surface area contributed by atoms with Crippen LogP contribution in [0, 0.1) is 23.2 Å². The first-order valence-corrected chi connectivity index (χ1v) is 3.59. The van der Waals surface area contributed by atoms with Crippen molar-refractivity contribution in [1.82, 2.24) is 4.98 Å². The minimum atomic E-state index is -0.866. The fraction of sp³-hybridized carbons (Fsp3) is 0.111. The first kappa shape index (κ1) is 9.33. The summed E-state index contributed by atoms with van der Waals surface area (Å²) in [5.41, 5.74) is 0.177. The van der Waals surface area contributed by atoms with Crippen molar-refractivity contribution in [1.29, 1.82) is 5.26 Å². The summed E-state index contributed by atoms with van der Waals surface area (Å²) in [6.07, 6.45) is 3.07. The zero-order valence-corrected chi connectivity index (χ0v) is 6.67. The molecule has 0 aliphatic rings. The predicted molar refractivity (Wildman–Crippen MR) is 43.4 cm³/mol. The second kappa shape index (κ2) is 4.31. The smallest absolute Gasteiger partial charge is 0.198 e. The van der Waals surface area contributed by atoms with Crippen molar-refractivity contribution in [2.24, 2.45) is 0 Å². The van der Waals surface area contributed by atoms with Gasteiger partial charge in [-0.3, -0.25) is 0 Å². The maximum absolute atomic E-state index is 12.8. The molecule has 0 spiro atoms. The van der Waals surface area contributed by atoms with Crippen LogP contribution in [0.3, 0.4) is 0 Å². The highest BCUT2D eigenvalue weighted by molar-refractivity contribution is 5.48. The molecular weight excluding hydrogens is 174 g/mol. The second-order valence-corrected chi connectivity index (χ2v) is 2.28. The molecule has 1 rings (SSSR count). The molecule has 0 saturated carbocycles. The van der Waals surface area contributed by atoms with Crippen molar-refractivity contribution in [2.45, 2.75) is 6.42 Å². The van der Waals surface area contributed by atoms with Crippen LogP contribution in [-0.4, -0.2) is 4.98 Å². The summed E-state index contributed by atoms with van der Waals surface area (Å²) in [5, 5.41) is 8.19. The Kier molecular flexibility index (Phi) is 3.09. The van der Waals surface area contributed by atoms with E-state index < -0.39 is 11.9 Å². The second-order valence-electron chi connectivity index (χ2n) is 2.28. The summed E-state index contributed by atoms with van der Waals surface area (Å²) in [7, 11) is 0. The molecule has 0 aliphatic carbocycles. The number of hydrogen-bond acceptors (Lipinski definition) is 2. The zero-order chi connectivity index (χ0) is 9.68. The average Bonchev–Trinajstić information content (AvgIpc) is 2.09. The molecule has 1 aromatic heterocycles. The van der Waals surface area contributed by atoms with E-state index in [1.165, 1.54) is 18.2 Å². The van der Waals surface area contributed by atoms with Crippen molar-refractivity contribution >= 4 is 6.08 Å². The summed E-state index contributed by atoms with van der Waals surface area (Å²) in [6.45, 7) is 0. The molecule has 0 radical (unpaired) electrons. The molecule has 0 fully saturated rings. The molecule has 0 unspecified atom stereocenters. The maximum atomic E-state index is 12.8. The Hall–Kier alpha value is -1.76. The third-order valence-corrected chi connectivity index (χ3v) is 1.35. The summed E-state index contributed by atoms with van der Waals surface area (Å²) >= 11 is 0. The van der Waals surface area contributed by atoms with Gasteiger partial charge in [-0.05, 0) is 12.1 Å². The number of nitrogens with zero attached hydrogens (tertiary/aromatic N) is 2. The van der Waals surface area contributed by atoms with Crippen molar-refractivity contribution < 1.29 is 8.78 Å². The van der Waals surface area contributed by atoms with E-state index in [2.05, 4.69) is 4.98 Å². The van der Waals surface area contributed by atoms with Crippen LogP contribution in [0.25, 0.3) is 6.08 Å². The van der Waals surface area contributed by atoms with Gasteiger partial charge in [0.25, 0.3) is 0 Å². The first-order chi connectivity index (χ1) is 6.24. The van der Waals surface area contributed by atoms with E-state index in [1.54, 1.807) is 0 Å². The topological polar surface area (TPSA) is 36.7 Å². The zero-order valence-electron chi connectivity index (χ0n) is 6.67. The highest BCUT2D eigenvalue weighted by Crippen LogP contribution is 2.07. The number of allylic oxidation sites excluding steroid dienone is 1. The predicted octanol–water partition coefficient (Wildman–Crippen LogP) is 2.29. The summed E-state index contributed by atoms with van der Waals surface area (Å²) in [4.78, 5) is 2.98. The molecule has 0 aromatic carbocycles. The van der Waals surface area contributed by atoms with E-state index in [-0.39, 0.29) is 12.0 Å². The van der Waals surface area contributed by atoms with Gasteiger partial charge >= 0.3 is 0 Å². The van der Waals surface area contributed by atoms with Gasteiger partial charge in [0.1, 0.15) is 0 Å². The first-order valence-electron chi connectivity index (χ1n) is 3.59. The van der Waals surface area contributed by atoms with Crippen LogP contribution in [0.5, 0.6) is 0 Å². The lowest BCUT2D eigenvalue weighted by Crippen LogP contribution is -1.90. The van der Waals surface area contributed by atoms with Crippen molar-refractivity contribution in [2.75, 3.05) is 0 Å². The number of nitriles is 1. The minimum Gasteiger partial charge on any atom is -0.198 e. The minimum absolute atomic E-state index is 0.177. The van der Waals surface area contributed by atoms with Gasteiger partial charge in [0, 0.05) is 5.56 Å². The molecule has 0 aliphatic heterocycles. The van der Waals surface area contributed by atoms with E-state index >= 15 is 0 Å². The Morgan fingerprint density at radius 3 is 2.85 bits per heavy atom. The van der Waals surface area contributed by atoms with Crippen molar-refractivity contribution in [3.8, 4) is 6.07 Å². The van der Waals surface area contributed by atoms with Crippen LogP contribution in [-0.2, 0) is 0 Å². The fourth-order valence-corrected chi connectivity index (χ4v) is 0.786. The average molecular weight is 180 g/mol. The molecule has 1 heterocycles. The van der Waals surface area contributed by atoms with Gasteiger partial charge in [0.15, 0.2) is 0 Å². The van der Waals surface area contributed by atoms with E-state index in [1.807, 2.05) is 6.07 Å². The molecule has 2 nitrogen and oxygen atoms in total. The number of aromatic nitrogens is 1. The lowest BCUT2D eigenvalue weighted by Gasteiger charge is -1.94. The molecule has 4 heteroatoms. The molecule has 0 bridgehead atoms. The van der Waals surface area contributed by atoms with E-state index in [0.29, 0.717) is 0 Å². The van der Waals surface area contributed by atoms with Crippen molar-refractivity contribution in [3.05, 3.63) is 35.7 Å². The van der Waals surface area contributed by atoms with E-state index in [0.717, 1.165) is 6.07 Å². The molecule has 66 valence electrons. The Labute approximate surface area is 74.1 Å². The number of hydrogen-bond donors (Lipinski definition) is 0. The standard InChI is InChI=1S/C9H6F2N2/c10-8-5-4-7(9(11)13-8)3-1-2-6-12/h1,3-5H,2H2. The summed E-state index contributed by atoms with van der Waals surface area (Å²) < 4.78 is 25.1. The lowest BCUT2D eigenvalue weighted by molar-refractivity contribution is 0.511. The van der Waals surface area contributed by atoms with Crippen LogP contribution in [0.15, 0.2) is 18.2 Å². The van der Waals surface area contributed by atoms with Crippen LogP contribution >= 0.6 is 0 Å². The van der Waals surface area contributed by atoms with Gasteiger partial charge in [-0.25, -0.2) is 0 Å². The molecular formula is C9H6F2N2. The fourth-order valence-electron chi connectivity index (χ4n) is 0.786. The molecule has 0 saturated heterocycles.